The maximum Gasteiger partial charge on any atom is 0.129 e. The molecular weight excluding hydrogens is 348 g/mol. The zero-order valence-corrected chi connectivity index (χ0v) is 16.6. The van der Waals surface area contributed by atoms with Gasteiger partial charge in [-0.1, -0.05) is 20.8 Å². The number of fused-ring (bicyclic) bond motifs is 3. The molecule has 2 heterocycles. The second kappa shape index (κ2) is 7.50. The van der Waals surface area contributed by atoms with Crippen molar-refractivity contribution in [3.63, 3.8) is 0 Å². The maximum atomic E-state index is 5.97. The number of imidazole rings is 1. The lowest BCUT2D eigenvalue weighted by Gasteiger charge is -2.13. The van der Waals surface area contributed by atoms with Crippen LogP contribution in [0.4, 0.5) is 5.69 Å². The molecule has 0 fully saturated rings. The largest absolute Gasteiger partial charge is 0.457 e. The summed E-state index contributed by atoms with van der Waals surface area (Å²) in [6.45, 7) is 7.62. The van der Waals surface area contributed by atoms with Crippen molar-refractivity contribution in [2.75, 3.05) is 5.73 Å². The van der Waals surface area contributed by atoms with E-state index in [1.807, 2.05) is 42.6 Å². The highest BCUT2D eigenvalue weighted by Crippen LogP contribution is 2.30. The first-order valence-electron chi connectivity index (χ1n) is 9.86. The van der Waals surface area contributed by atoms with Crippen LogP contribution >= 0.6 is 0 Å². The van der Waals surface area contributed by atoms with Crippen molar-refractivity contribution in [1.29, 1.82) is 0 Å². The van der Waals surface area contributed by atoms with Gasteiger partial charge in [-0.25, -0.2) is 4.98 Å². The van der Waals surface area contributed by atoms with Crippen molar-refractivity contribution in [3.8, 4) is 11.5 Å². The van der Waals surface area contributed by atoms with Gasteiger partial charge in [0.25, 0.3) is 0 Å². The van der Waals surface area contributed by atoms with E-state index < -0.39 is 0 Å². The smallest absolute Gasteiger partial charge is 0.129 e. The number of nitrogens with zero attached hydrogens (tertiary/aromatic N) is 3. The summed E-state index contributed by atoms with van der Waals surface area (Å²) >= 11 is 0. The Balaban J connectivity index is 1.79. The molecule has 4 aromatic rings. The zero-order chi connectivity index (χ0) is 19.7. The number of hydrogen-bond acceptors (Lipinski definition) is 4. The Morgan fingerprint density at radius 1 is 1.04 bits per heavy atom. The predicted molar refractivity (Wildman–Crippen MR) is 115 cm³/mol. The Morgan fingerprint density at radius 2 is 1.79 bits per heavy atom. The lowest BCUT2D eigenvalue weighted by Crippen LogP contribution is -2.08. The fraction of sp³-hybridized carbons (Fsp3) is 0.304. The topological polar surface area (TPSA) is 66.0 Å². The van der Waals surface area contributed by atoms with Crippen LogP contribution < -0.4 is 10.5 Å². The standard InChI is InChI=1S/C23H26N4O/c1-4-5-22-26-21-13-25-20-12-18(28-17-8-6-16(24)7-9-17)10-11-19(20)23(21)27(22)14-15(2)3/h6-13,15H,4-5,14,24H2,1-3H3. The molecule has 5 nitrogen and oxygen atoms in total. The lowest BCUT2D eigenvalue weighted by atomic mass is 10.1. The summed E-state index contributed by atoms with van der Waals surface area (Å²) in [5, 5.41) is 1.11. The summed E-state index contributed by atoms with van der Waals surface area (Å²) in [7, 11) is 0. The fourth-order valence-corrected chi connectivity index (χ4v) is 3.55. The van der Waals surface area contributed by atoms with Crippen LogP contribution in [0.5, 0.6) is 11.5 Å². The van der Waals surface area contributed by atoms with Crippen molar-refractivity contribution >= 4 is 27.6 Å². The van der Waals surface area contributed by atoms with E-state index in [2.05, 4.69) is 36.4 Å². The minimum absolute atomic E-state index is 0.546. The van der Waals surface area contributed by atoms with Gasteiger partial charge in [-0.2, -0.15) is 0 Å². The Bertz CT molecular complexity index is 1110. The van der Waals surface area contributed by atoms with Crippen LogP contribution in [0.25, 0.3) is 21.9 Å². The third-order valence-electron chi connectivity index (χ3n) is 4.76. The first kappa shape index (κ1) is 18.3. The molecule has 2 N–H and O–H groups in total. The molecule has 0 saturated heterocycles. The van der Waals surface area contributed by atoms with E-state index in [4.69, 9.17) is 15.5 Å². The van der Waals surface area contributed by atoms with E-state index in [0.29, 0.717) is 5.92 Å². The first-order valence-corrected chi connectivity index (χ1v) is 9.86. The second-order valence-electron chi connectivity index (χ2n) is 7.62. The lowest BCUT2D eigenvalue weighted by molar-refractivity contribution is 0.483. The third kappa shape index (κ3) is 3.52. The molecule has 2 aromatic heterocycles. The van der Waals surface area contributed by atoms with Gasteiger partial charge in [0.1, 0.15) is 22.8 Å². The average Bonchev–Trinajstić information content (AvgIpc) is 3.01. The van der Waals surface area contributed by atoms with E-state index in [-0.39, 0.29) is 0 Å². The minimum Gasteiger partial charge on any atom is -0.457 e. The van der Waals surface area contributed by atoms with Crippen molar-refractivity contribution in [2.45, 2.75) is 40.2 Å². The Morgan fingerprint density at radius 3 is 2.50 bits per heavy atom. The summed E-state index contributed by atoms with van der Waals surface area (Å²) in [6.07, 6.45) is 3.92. The normalized spacial score (nSPS) is 11.6. The highest BCUT2D eigenvalue weighted by Gasteiger charge is 2.15. The third-order valence-corrected chi connectivity index (χ3v) is 4.76. The van der Waals surface area contributed by atoms with Gasteiger partial charge < -0.3 is 15.0 Å². The molecular formula is C23H26N4O. The number of anilines is 1. The van der Waals surface area contributed by atoms with Gasteiger partial charge in [-0.05, 0) is 48.7 Å². The van der Waals surface area contributed by atoms with E-state index in [0.717, 1.165) is 58.8 Å². The van der Waals surface area contributed by atoms with Crippen LogP contribution in [-0.2, 0) is 13.0 Å². The number of nitrogens with two attached hydrogens (primary N) is 1. The highest BCUT2D eigenvalue weighted by molar-refractivity contribution is 6.02. The fourth-order valence-electron chi connectivity index (χ4n) is 3.55. The van der Waals surface area contributed by atoms with Crippen LogP contribution in [0.3, 0.4) is 0 Å². The van der Waals surface area contributed by atoms with Gasteiger partial charge in [0, 0.05) is 30.1 Å². The first-order chi connectivity index (χ1) is 13.5. The van der Waals surface area contributed by atoms with Crippen molar-refractivity contribution in [3.05, 3.63) is 54.5 Å². The molecule has 0 saturated carbocycles. The molecule has 5 heteroatoms. The molecule has 0 atom stereocenters. The van der Waals surface area contributed by atoms with E-state index >= 15 is 0 Å². The predicted octanol–water partition coefficient (Wildman–Crippen LogP) is 5.57. The Hall–Kier alpha value is -3.08. The molecule has 0 spiro atoms. The number of rotatable bonds is 6. The SMILES string of the molecule is CCCc1nc2cnc3cc(Oc4ccc(N)cc4)ccc3c2n1CC(C)C. The molecule has 0 aliphatic heterocycles. The van der Waals surface area contributed by atoms with E-state index in [9.17, 15) is 0 Å². The van der Waals surface area contributed by atoms with Crippen molar-refractivity contribution in [2.24, 2.45) is 5.92 Å². The molecule has 144 valence electrons. The molecule has 0 amide bonds. The molecule has 28 heavy (non-hydrogen) atoms. The van der Waals surface area contributed by atoms with Crippen LogP contribution in [0.1, 0.15) is 33.0 Å². The van der Waals surface area contributed by atoms with Crippen LogP contribution in [0.15, 0.2) is 48.7 Å². The quantitative estimate of drug-likeness (QED) is 0.448. The molecule has 0 radical (unpaired) electrons. The van der Waals surface area contributed by atoms with E-state index in [1.54, 1.807) is 0 Å². The van der Waals surface area contributed by atoms with Gasteiger partial charge in [0.05, 0.1) is 17.2 Å². The molecule has 4 rings (SSSR count). The van der Waals surface area contributed by atoms with Gasteiger partial charge >= 0.3 is 0 Å². The molecule has 0 bridgehead atoms. The summed E-state index contributed by atoms with van der Waals surface area (Å²) in [6, 6.07) is 13.5. The van der Waals surface area contributed by atoms with Gasteiger partial charge in [-0.15, -0.1) is 0 Å². The molecule has 0 unspecified atom stereocenters. The van der Waals surface area contributed by atoms with Crippen LogP contribution in [0, 0.1) is 5.92 Å². The number of aromatic nitrogens is 3. The molecule has 2 aromatic carbocycles. The summed E-state index contributed by atoms with van der Waals surface area (Å²) in [4.78, 5) is 9.51. The number of benzene rings is 2. The van der Waals surface area contributed by atoms with Gasteiger partial charge in [-0.3, -0.25) is 4.98 Å². The zero-order valence-electron chi connectivity index (χ0n) is 16.6. The van der Waals surface area contributed by atoms with Crippen LogP contribution in [0.2, 0.25) is 0 Å². The second-order valence-corrected chi connectivity index (χ2v) is 7.62. The number of nitrogen functional groups attached to an aromatic ring is 1. The highest BCUT2D eigenvalue weighted by atomic mass is 16.5. The summed E-state index contributed by atoms with van der Waals surface area (Å²) < 4.78 is 8.34. The molecule has 0 aliphatic rings. The van der Waals surface area contributed by atoms with Gasteiger partial charge in [0.15, 0.2) is 0 Å². The van der Waals surface area contributed by atoms with Crippen molar-refractivity contribution in [1.82, 2.24) is 14.5 Å². The Kier molecular flexibility index (Phi) is 4.90. The maximum absolute atomic E-state index is 5.97. The van der Waals surface area contributed by atoms with Crippen LogP contribution in [-0.4, -0.2) is 14.5 Å². The van der Waals surface area contributed by atoms with E-state index in [1.165, 1.54) is 5.52 Å². The summed E-state index contributed by atoms with van der Waals surface area (Å²) in [5.41, 5.74) is 9.50. The summed E-state index contributed by atoms with van der Waals surface area (Å²) in [5.74, 6) is 3.20. The molecule has 0 aliphatic carbocycles. The Labute approximate surface area is 165 Å². The van der Waals surface area contributed by atoms with Gasteiger partial charge in [0.2, 0.25) is 0 Å². The monoisotopic (exact) mass is 374 g/mol. The number of pyridine rings is 1. The average molecular weight is 374 g/mol. The minimum atomic E-state index is 0.546. The number of hydrogen-bond donors (Lipinski definition) is 1. The number of ether oxygens (including phenoxy) is 1. The number of aryl methyl sites for hydroxylation is 1. The van der Waals surface area contributed by atoms with Crippen molar-refractivity contribution < 1.29 is 4.74 Å².